The Hall–Kier alpha value is -3.54. The van der Waals surface area contributed by atoms with Crippen molar-refractivity contribution in [2.45, 2.75) is 13.8 Å². The van der Waals surface area contributed by atoms with Crippen LogP contribution in [-0.2, 0) is 14.3 Å². The molecule has 0 bridgehead atoms. The van der Waals surface area contributed by atoms with Crippen LogP contribution in [0.25, 0.3) is 11.8 Å². The predicted molar refractivity (Wildman–Crippen MR) is 104 cm³/mol. The first-order valence-electron chi connectivity index (χ1n) is 8.75. The van der Waals surface area contributed by atoms with Crippen molar-refractivity contribution in [3.05, 3.63) is 65.2 Å². The molecule has 0 radical (unpaired) electrons. The molecular formula is C22H20O6. The van der Waals surface area contributed by atoms with Crippen LogP contribution >= 0.6 is 0 Å². The molecule has 0 aliphatic carbocycles. The molecule has 6 heteroatoms. The van der Waals surface area contributed by atoms with E-state index in [1.54, 1.807) is 49.6 Å². The summed E-state index contributed by atoms with van der Waals surface area (Å²) in [7, 11) is 1.59. The van der Waals surface area contributed by atoms with Crippen LogP contribution in [0.4, 0.5) is 0 Å². The van der Waals surface area contributed by atoms with Gasteiger partial charge in [0.05, 0.1) is 19.3 Å². The van der Waals surface area contributed by atoms with Gasteiger partial charge in [-0.2, -0.15) is 0 Å². The summed E-state index contributed by atoms with van der Waals surface area (Å²) in [6.07, 6.45) is 3.38. The van der Waals surface area contributed by atoms with Gasteiger partial charge in [-0.25, -0.2) is 4.79 Å². The van der Waals surface area contributed by atoms with Gasteiger partial charge < -0.3 is 18.9 Å². The van der Waals surface area contributed by atoms with E-state index in [-0.39, 0.29) is 0 Å². The molecule has 0 N–H and O–H groups in total. The van der Waals surface area contributed by atoms with E-state index in [4.69, 9.17) is 18.9 Å². The molecule has 1 aliphatic heterocycles. The summed E-state index contributed by atoms with van der Waals surface area (Å²) in [6, 6.07) is 12.3. The van der Waals surface area contributed by atoms with Crippen molar-refractivity contribution >= 4 is 23.8 Å². The van der Waals surface area contributed by atoms with Crippen molar-refractivity contribution in [3.8, 4) is 17.2 Å². The third-order valence-electron chi connectivity index (χ3n) is 3.94. The van der Waals surface area contributed by atoms with Gasteiger partial charge in [-0.05, 0) is 61.0 Å². The van der Waals surface area contributed by atoms with E-state index in [1.807, 2.05) is 19.1 Å². The average molecular weight is 380 g/mol. The van der Waals surface area contributed by atoms with Gasteiger partial charge >= 0.3 is 11.9 Å². The SMILES string of the molecule is CCOc1cc(/C=C2\C=C(c3ccc(OC)cc3)OC2=O)ccc1OC(C)=O. The summed E-state index contributed by atoms with van der Waals surface area (Å²) in [5.41, 5.74) is 1.91. The second-order valence-corrected chi connectivity index (χ2v) is 5.96. The highest BCUT2D eigenvalue weighted by molar-refractivity contribution is 6.05. The molecule has 28 heavy (non-hydrogen) atoms. The standard InChI is InChI=1S/C22H20O6/c1-4-26-21-12-15(5-10-19(21)27-14(2)23)11-17-13-20(28-22(17)24)16-6-8-18(25-3)9-7-16/h5-13H,4H2,1-3H3/b17-11+. The lowest BCUT2D eigenvalue weighted by atomic mass is 10.1. The molecule has 0 aromatic heterocycles. The molecule has 0 fully saturated rings. The number of ether oxygens (including phenoxy) is 4. The lowest BCUT2D eigenvalue weighted by molar-refractivity contribution is -0.132. The lowest BCUT2D eigenvalue weighted by Crippen LogP contribution is -2.04. The lowest BCUT2D eigenvalue weighted by Gasteiger charge is -2.10. The number of cyclic esters (lactones) is 1. The summed E-state index contributed by atoms with van der Waals surface area (Å²) in [5.74, 6) is 1.09. The summed E-state index contributed by atoms with van der Waals surface area (Å²) in [6.45, 7) is 3.57. The first kappa shape index (κ1) is 19.2. The van der Waals surface area contributed by atoms with Crippen LogP contribution in [0, 0.1) is 0 Å². The van der Waals surface area contributed by atoms with E-state index in [9.17, 15) is 9.59 Å². The van der Waals surface area contributed by atoms with E-state index in [1.165, 1.54) is 6.92 Å². The van der Waals surface area contributed by atoms with Crippen LogP contribution in [0.15, 0.2) is 54.1 Å². The van der Waals surface area contributed by atoms with Crippen LogP contribution < -0.4 is 14.2 Å². The van der Waals surface area contributed by atoms with Crippen molar-refractivity contribution in [3.63, 3.8) is 0 Å². The van der Waals surface area contributed by atoms with Crippen LogP contribution in [0.2, 0.25) is 0 Å². The van der Waals surface area contributed by atoms with Gasteiger partial charge in [-0.3, -0.25) is 4.79 Å². The van der Waals surface area contributed by atoms with Gasteiger partial charge in [0, 0.05) is 12.5 Å². The zero-order valence-corrected chi connectivity index (χ0v) is 15.9. The maximum atomic E-state index is 12.2. The number of esters is 2. The van der Waals surface area contributed by atoms with E-state index in [0.717, 1.165) is 16.9 Å². The Morgan fingerprint density at radius 3 is 2.50 bits per heavy atom. The maximum absolute atomic E-state index is 12.2. The van der Waals surface area contributed by atoms with Gasteiger partial charge in [0.1, 0.15) is 11.5 Å². The number of benzene rings is 2. The Morgan fingerprint density at radius 2 is 1.86 bits per heavy atom. The maximum Gasteiger partial charge on any atom is 0.343 e. The molecule has 6 nitrogen and oxygen atoms in total. The van der Waals surface area contributed by atoms with Crippen LogP contribution in [0.5, 0.6) is 17.2 Å². The predicted octanol–water partition coefficient (Wildman–Crippen LogP) is 4.00. The second kappa shape index (κ2) is 8.43. The molecule has 0 saturated carbocycles. The van der Waals surface area contributed by atoms with E-state index >= 15 is 0 Å². The number of hydrogen-bond donors (Lipinski definition) is 0. The van der Waals surface area contributed by atoms with Crippen LogP contribution in [0.3, 0.4) is 0 Å². The first-order chi connectivity index (χ1) is 13.5. The van der Waals surface area contributed by atoms with E-state index < -0.39 is 11.9 Å². The van der Waals surface area contributed by atoms with Crippen molar-refractivity contribution in [1.29, 1.82) is 0 Å². The monoisotopic (exact) mass is 380 g/mol. The highest BCUT2D eigenvalue weighted by Gasteiger charge is 2.22. The zero-order valence-electron chi connectivity index (χ0n) is 15.9. The molecule has 144 valence electrons. The van der Waals surface area contributed by atoms with E-state index in [2.05, 4.69) is 0 Å². The van der Waals surface area contributed by atoms with Gasteiger partial charge in [-0.15, -0.1) is 0 Å². The minimum atomic E-state index is -0.437. The Balaban J connectivity index is 1.89. The minimum Gasteiger partial charge on any atom is -0.497 e. The fourth-order valence-corrected chi connectivity index (χ4v) is 2.69. The Bertz CT molecular complexity index is 953. The number of hydrogen-bond acceptors (Lipinski definition) is 6. The summed E-state index contributed by atoms with van der Waals surface area (Å²) >= 11 is 0. The second-order valence-electron chi connectivity index (χ2n) is 5.96. The first-order valence-corrected chi connectivity index (χ1v) is 8.75. The van der Waals surface area contributed by atoms with Gasteiger partial charge in [-0.1, -0.05) is 6.07 Å². The average Bonchev–Trinajstić information content (AvgIpc) is 3.04. The number of carbonyl (C=O) groups excluding carboxylic acids is 2. The minimum absolute atomic E-state index is 0.333. The normalized spacial score (nSPS) is 14.5. The van der Waals surface area contributed by atoms with Crippen molar-refractivity contribution in [2.24, 2.45) is 0 Å². The number of methoxy groups -OCH3 is 1. The number of carbonyl (C=O) groups is 2. The van der Waals surface area contributed by atoms with Gasteiger partial charge in [0.2, 0.25) is 0 Å². The van der Waals surface area contributed by atoms with Gasteiger partial charge in [0.25, 0.3) is 0 Å². The molecule has 0 amide bonds. The summed E-state index contributed by atoms with van der Waals surface area (Å²) < 4.78 is 21.2. The molecule has 0 saturated heterocycles. The van der Waals surface area contributed by atoms with Crippen LogP contribution in [-0.4, -0.2) is 25.7 Å². The number of rotatable bonds is 6. The smallest absolute Gasteiger partial charge is 0.343 e. The molecule has 2 aromatic carbocycles. The third kappa shape index (κ3) is 4.40. The van der Waals surface area contributed by atoms with Crippen molar-refractivity contribution in [1.82, 2.24) is 0 Å². The molecule has 1 aliphatic rings. The highest BCUT2D eigenvalue weighted by atomic mass is 16.6. The third-order valence-corrected chi connectivity index (χ3v) is 3.94. The molecule has 1 heterocycles. The van der Waals surface area contributed by atoms with Crippen molar-refractivity contribution < 1.29 is 28.5 Å². The molecule has 0 unspecified atom stereocenters. The fourth-order valence-electron chi connectivity index (χ4n) is 2.69. The molecule has 0 atom stereocenters. The molecule has 2 aromatic rings. The molecular weight excluding hydrogens is 360 g/mol. The Kier molecular flexibility index (Phi) is 5.79. The molecule has 3 rings (SSSR count). The Labute approximate surface area is 163 Å². The van der Waals surface area contributed by atoms with Crippen LogP contribution in [0.1, 0.15) is 25.0 Å². The summed E-state index contributed by atoms with van der Waals surface area (Å²) in [5, 5.41) is 0. The molecule has 0 spiro atoms. The topological polar surface area (TPSA) is 71.1 Å². The fraction of sp³-hybridized carbons (Fsp3) is 0.182. The van der Waals surface area contributed by atoms with Gasteiger partial charge in [0.15, 0.2) is 11.5 Å². The highest BCUT2D eigenvalue weighted by Crippen LogP contribution is 2.32. The van der Waals surface area contributed by atoms with E-state index in [0.29, 0.717) is 29.4 Å². The Morgan fingerprint density at radius 1 is 1.11 bits per heavy atom. The summed E-state index contributed by atoms with van der Waals surface area (Å²) in [4.78, 5) is 23.5. The largest absolute Gasteiger partial charge is 0.497 e. The quantitative estimate of drug-likeness (QED) is 0.429. The zero-order chi connectivity index (χ0) is 20.1. The van der Waals surface area contributed by atoms with Crippen molar-refractivity contribution in [2.75, 3.05) is 13.7 Å².